The van der Waals surface area contributed by atoms with Gasteiger partial charge in [0.1, 0.15) is 12.6 Å². The number of nitrogens with zero attached hydrogens (tertiary/aromatic N) is 5. The molecule has 0 aliphatic rings. The number of carbonyl (C=O) groups is 1. The fourth-order valence-corrected chi connectivity index (χ4v) is 2.44. The summed E-state index contributed by atoms with van der Waals surface area (Å²) >= 11 is 0. The number of nitrogens with one attached hydrogen (secondary N) is 2. The fourth-order valence-electron chi connectivity index (χ4n) is 2.44. The smallest absolute Gasteiger partial charge is 0.304 e. The molecule has 0 saturated heterocycles. The van der Waals surface area contributed by atoms with E-state index < -0.39 is 29.0 Å². The molecule has 0 bridgehead atoms. The van der Waals surface area contributed by atoms with Crippen LogP contribution >= 0.6 is 0 Å². The molecule has 1 aromatic carbocycles. The van der Waals surface area contributed by atoms with E-state index in [1.54, 1.807) is 0 Å². The number of alkyl halides is 6. The summed E-state index contributed by atoms with van der Waals surface area (Å²) in [5, 5.41) is 3.85. The average molecular weight is 457 g/mol. The Labute approximate surface area is 176 Å². The van der Waals surface area contributed by atoms with Gasteiger partial charge in [0.25, 0.3) is 0 Å². The van der Waals surface area contributed by atoms with Crippen molar-refractivity contribution in [1.82, 2.24) is 30.2 Å². The number of halogens is 6. The second kappa shape index (κ2) is 9.13. The highest BCUT2D eigenvalue weighted by molar-refractivity contribution is 5.78. The van der Waals surface area contributed by atoms with Crippen LogP contribution in [0.2, 0.25) is 0 Å². The monoisotopic (exact) mass is 457 g/mol. The summed E-state index contributed by atoms with van der Waals surface area (Å²) in [5.41, 5.74) is 2.07. The SMILES string of the molecule is O=CC(=Cn1cnc(-c2cc(C(F)(F)F)cc(C(F)(F)F)c2)n1)CNNc1cnccn1. The van der Waals surface area contributed by atoms with Gasteiger partial charge in [-0.05, 0) is 18.2 Å². The Bertz CT molecular complexity index is 1080. The lowest BCUT2D eigenvalue weighted by atomic mass is 10.0. The van der Waals surface area contributed by atoms with Gasteiger partial charge in [-0.2, -0.15) is 26.3 Å². The van der Waals surface area contributed by atoms with Crippen LogP contribution in [0.15, 0.2) is 48.7 Å². The number of benzene rings is 1. The number of hydrogen-bond acceptors (Lipinski definition) is 7. The summed E-state index contributed by atoms with van der Waals surface area (Å²) < 4.78 is 79.2. The van der Waals surface area contributed by atoms with E-state index in [1.165, 1.54) is 24.8 Å². The van der Waals surface area contributed by atoms with Crippen molar-refractivity contribution in [3.63, 3.8) is 0 Å². The van der Waals surface area contributed by atoms with Crippen molar-refractivity contribution in [2.24, 2.45) is 0 Å². The molecule has 0 fully saturated rings. The Balaban J connectivity index is 1.81. The van der Waals surface area contributed by atoms with Gasteiger partial charge >= 0.3 is 12.4 Å². The standard InChI is InChI=1S/C18H13F6N7O/c19-17(20,21)13-3-12(4-14(5-13)18(22,23)24)16-27-10-31(30-16)8-11(9-32)6-28-29-15-7-25-1-2-26-15/h1-5,7-10,28H,6H2,(H,26,29). The summed E-state index contributed by atoms with van der Waals surface area (Å²) in [5.74, 6) is -0.000417. The van der Waals surface area contributed by atoms with Crippen molar-refractivity contribution in [3.8, 4) is 11.4 Å². The largest absolute Gasteiger partial charge is 0.416 e. The maximum Gasteiger partial charge on any atom is 0.416 e. The Morgan fingerprint density at radius 2 is 1.69 bits per heavy atom. The molecule has 3 rings (SSSR count). The first-order valence-electron chi connectivity index (χ1n) is 8.68. The fraction of sp³-hybridized carbons (Fsp3) is 0.167. The van der Waals surface area contributed by atoms with E-state index in [1.807, 2.05) is 0 Å². The first-order chi connectivity index (χ1) is 15.1. The van der Waals surface area contributed by atoms with Crippen molar-refractivity contribution in [2.45, 2.75) is 12.4 Å². The lowest BCUT2D eigenvalue weighted by Gasteiger charge is -2.13. The third-order valence-electron chi connectivity index (χ3n) is 3.88. The van der Waals surface area contributed by atoms with Crippen LogP contribution in [0.5, 0.6) is 0 Å². The van der Waals surface area contributed by atoms with E-state index in [0.29, 0.717) is 24.2 Å². The van der Waals surface area contributed by atoms with Crippen molar-refractivity contribution in [1.29, 1.82) is 0 Å². The molecule has 32 heavy (non-hydrogen) atoms. The van der Waals surface area contributed by atoms with Gasteiger partial charge in [-0.25, -0.2) is 20.1 Å². The van der Waals surface area contributed by atoms with Gasteiger partial charge in [-0.15, -0.1) is 5.10 Å². The normalized spacial score (nSPS) is 12.6. The number of hydrogen-bond donors (Lipinski definition) is 2. The molecule has 0 aliphatic heterocycles. The quantitative estimate of drug-likeness (QED) is 0.243. The molecule has 0 saturated carbocycles. The van der Waals surface area contributed by atoms with Crippen LogP contribution in [0, 0.1) is 0 Å². The molecule has 2 heterocycles. The molecule has 3 aromatic rings. The maximum absolute atomic E-state index is 13.0. The van der Waals surface area contributed by atoms with Crippen molar-refractivity contribution >= 4 is 18.3 Å². The molecule has 0 radical (unpaired) electrons. The van der Waals surface area contributed by atoms with Crippen LogP contribution in [-0.4, -0.2) is 37.6 Å². The predicted molar refractivity (Wildman–Crippen MR) is 99.5 cm³/mol. The topological polar surface area (TPSA) is 97.6 Å². The summed E-state index contributed by atoms with van der Waals surface area (Å²) in [7, 11) is 0. The first kappa shape index (κ1) is 22.9. The van der Waals surface area contributed by atoms with Crippen LogP contribution in [0.1, 0.15) is 11.1 Å². The number of anilines is 1. The van der Waals surface area contributed by atoms with Gasteiger partial charge in [0.15, 0.2) is 11.6 Å². The summed E-state index contributed by atoms with van der Waals surface area (Å²) in [6.07, 6.45) is -2.93. The molecule has 2 N–H and O–H groups in total. The van der Waals surface area contributed by atoms with E-state index in [2.05, 4.69) is 30.9 Å². The minimum atomic E-state index is -5.00. The van der Waals surface area contributed by atoms with E-state index in [-0.39, 0.29) is 24.0 Å². The molecule has 14 heteroatoms. The van der Waals surface area contributed by atoms with E-state index in [4.69, 9.17) is 0 Å². The molecule has 0 spiro atoms. The molecule has 8 nitrogen and oxygen atoms in total. The summed E-state index contributed by atoms with van der Waals surface area (Å²) in [4.78, 5) is 22.8. The zero-order valence-corrected chi connectivity index (χ0v) is 15.8. The molecular formula is C18H13F6N7O. The lowest BCUT2D eigenvalue weighted by Crippen LogP contribution is -2.25. The molecule has 0 amide bonds. The summed E-state index contributed by atoms with van der Waals surface area (Å²) in [6, 6.07) is 1.05. The number of hydrazine groups is 1. The molecule has 2 aromatic heterocycles. The van der Waals surface area contributed by atoms with Crippen LogP contribution < -0.4 is 10.9 Å². The summed E-state index contributed by atoms with van der Waals surface area (Å²) in [6.45, 7) is -0.0168. The first-order valence-corrected chi connectivity index (χ1v) is 8.68. The maximum atomic E-state index is 13.0. The van der Waals surface area contributed by atoms with Crippen LogP contribution in [0.25, 0.3) is 17.6 Å². The number of aldehydes is 1. The molecule has 0 unspecified atom stereocenters. The highest BCUT2D eigenvalue weighted by Gasteiger charge is 2.37. The van der Waals surface area contributed by atoms with Gasteiger partial charge in [-0.3, -0.25) is 9.78 Å². The van der Waals surface area contributed by atoms with Crippen molar-refractivity contribution < 1.29 is 31.1 Å². The predicted octanol–water partition coefficient (Wildman–Crippen LogP) is 3.43. The van der Waals surface area contributed by atoms with Crippen LogP contribution in [0.4, 0.5) is 32.2 Å². The van der Waals surface area contributed by atoms with Gasteiger partial charge < -0.3 is 5.43 Å². The van der Waals surface area contributed by atoms with Crippen LogP contribution in [0.3, 0.4) is 0 Å². The molecular weight excluding hydrogens is 444 g/mol. The highest BCUT2D eigenvalue weighted by atomic mass is 19.4. The van der Waals surface area contributed by atoms with Gasteiger partial charge in [-0.1, -0.05) is 0 Å². The highest BCUT2D eigenvalue weighted by Crippen LogP contribution is 2.38. The van der Waals surface area contributed by atoms with E-state index >= 15 is 0 Å². The lowest BCUT2D eigenvalue weighted by molar-refractivity contribution is -0.143. The third kappa shape index (κ3) is 5.87. The zero-order valence-electron chi connectivity index (χ0n) is 15.8. The minimum absolute atomic E-state index is 0.0146. The Morgan fingerprint density at radius 1 is 1.00 bits per heavy atom. The molecule has 0 aliphatic carbocycles. The Hall–Kier alpha value is -3.81. The second-order valence-corrected chi connectivity index (χ2v) is 6.23. The molecule has 0 atom stereocenters. The average Bonchev–Trinajstić information content (AvgIpc) is 3.21. The van der Waals surface area contributed by atoms with Crippen molar-refractivity contribution in [2.75, 3.05) is 12.0 Å². The third-order valence-corrected chi connectivity index (χ3v) is 3.88. The van der Waals surface area contributed by atoms with Gasteiger partial charge in [0, 0.05) is 36.3 Å². The van der Waals surface area contributed by atoms with Gasteiger partial charge in [0.2, 0.25) is 0 Å². The van der Waals surface area contributed by atoms with Crippen LogP contribution in [-0.2, 0) is 17.1 Å². The minimum Gasteiger partial charge on any atom is -0.304 e. The van der Waals surface area contributed by atoms with Crippen molar-refractivity contribution in [3.05, 3.63) is 59.8 Å². The Morgan fingerprint density at radius 3 is 2.25 bits per heavy atom. The zero-order chi connectivity index (χ0) is 23.4. The molecule has 168 valence electrons. The van der Waals surface area contributed by atoms with E-state index in [9.17, 15) is 31.1 Å². The van der Waals surface area contributed by atoms with Gasteiger partial charge in [0.05, 0.1) is 17.3 Å². The number of aromatic nitrogens is 5. The second-order valence-electron chi connectivity index (χ2n) is 6.23. The Kier molecular flexibility index (Phi) is 6.53. The number of rotatable bonds is 7. The number of carbonyl (C=O) groups excluding carboxylic acids is 1. The van der Waals surface area contributed by atoms with E-state index in [0.717, 1.165) is 11.0 Å².